The van der Waals surface area contributed by atoms with E-state index in [1.165, 1.54) is 25.7 Å². The maximum atomic E-state index is 11.3. The Kier molecular flexibility index (Phi) is 7.25. The largest absolute Gasteiger partial charge is 0.385 e. The zero-order valence-corrected chi connectivity index (χ0v) is 15.3. The number of carbonyl (C=O) groups excluding carboxylic acids is 1. The highest BCUT2D eigenvalue weighted by Crippen LogP contribution is 2.40. The van der Waals surface area contributed by atoms with E-state index in [1.807, 2.05) is 12.1 Å². The van der Waals surface area contributed by atoms with Gasteiger partial charge in [0.15, 0.2) is 5.96 Å². The summed E-state index contributed by atoms with van der Waals surface area (Å²) in [7, 11) is 3.53. The average Bonchev–Trinajstić information content (AvgIpc) is 3.09. The van der Waals surface area contributed by atoms with Crippen molar-refractivity contribution >= 4 is 11.9 Å². The summed E-state index contributed by atoms with van der Waals surface area (Å²) in [6.45, 7) is 2.29. The van der Waals surface area contributed by atoms with Crippen LogP contribution in [0.25, 0.3) is 0 Å². The van der Waals surface area contributed by atoms with Crippen molar-refractivity contribution in [2.24, 2.45) is 16.1 Å². The van der Waals surface area contributed by atoms with Gasteiger partial charge >= 0.3 is 0 Å². The van der Waals surface area contributed by atoms with Gasteiger partial charge in [-0.15, -0.1) is 0 Å². The zero-order valence-electron chi connectivity index (χ0n) is 15.3. The molecule has 6 nitrogen and oxygen atoms in total. The molecule has 1 fully saturated rings. The van der Waals surface area contributed by atoms with Gasteiger partial charge in [0, 0.05) is 39.4 Å². The quantitative estimate of drug-likeness (QED) is 0.496. The summed E-state index contributed by atoms with van der Waals surface area (Å²) in [6, 6.07) is 7.33. The van der Waals surface area contributed by atoms with Crippen molar-refractivity contribution in [1.29, 1.82) is 0 Å². The minimum absolute atomic E-state index is 0.305. The monoisotopic (exact) mass is 346 g/mol. The Morgan fingerprint density at radius 1 is 1.32 bits per heavy atom. The summed E-state index contributed by atoms with van der Waals surface area (Å²) < 4.78 is 5.29. The molecule has 4 N–H and O–H groups in total. The van der Waals surface area contributed by atoms with Crippen LogP contribution in [0.3, 0.4) is 0 Å². The van der Waals surface area contributed by atoms with Gasteiger partial charge in [-0.25, -0.2) is 0 Å². The van der Waals surface area contributed by atoms with Crippen molar-refractivity contribution < 1.29 is 9.53 Å². The number of methoxy groups -OCH3 is 1. The third-order valence-corrected chi connectivity index (χ3v) is 5.03. The summed E-state index contributed by atoms with van der Waals surface area (Å²) in [6.07, 6.45) is 6.13. The van der Waals surface area contributed by atoms with E-state index in [2.05, 4.69) is 15.6 Å². The van der Waals surface area contributed by atoms with E-state index in [0.29, 0.717) is 17.5 Å². The summed E-state index contributed by atoms with van der Waals surface area (Å²) in [5.41, 5.74) is 7.15. The fourth-order valence-electron chi connectivity index (χ4n) is 3.47. The highest BCUT2D eigenvalue weighted by atomic mass is 16.5. The van der Waals surface area contributed by atoms with E-state index in [4.69, 9.17) is 10.5 Å². The molecule has 1 aromatic carbocycles. The third-order valence-electron chi connectivity index (χ3n) is 5.03. The first kappa shape index (κ1) is 19.2. The van der Waals surface area contributed by atoms with Crippen LogP contribution in [0.15, 0.2) is 29.3 Å². The molecular formula is C19H30N4O2. The maximum Gasteiger partial charge on any atom is 0.248 e. The maximum absolute atomic E-state index is 11.3. The Balaban J connectivity index is 1.88. The van der Waals surface area contributed by atoms with Gasteiger partial charge in [-0.3, -0.25) is 9.79 Å². The number of primary amides is 1. The number of benzene rings is 1. The molecule has 6 heteroatoms. The second-order valence-electron chi connectivity index (χ2n) is 6.79. The molecule has 0 radical (unpaired) electrons. The molecule has 0 atom stereocenters. The van der Waals surface area contributed by atoms with Gasteiger partial charge in [-0.2, -0.15) is 0 Å². The standard InChI is InChI=1S/C19H30N4O2/c1-21-18(22-13-15-6-5-7-16(12-15)17(20)24)23-14-19(10-11-25-2)8-3-4-9-19/h5-7,12H,3-4,8-11,13-14H2,1-2H3,(H2,20,24)(H2,21,22,23). The van der Waals surface area contributed by atoms with Crippen LogP contribution in [0.1, 0.15) is 48.0 Å². The minimum Gasteiger partial charge on any atom is -0.385 e. The van der Waals surface area contributed by atoms with Crippen molar-refractivity contribution in [3.63, 3.8) is 0 Å². The van der Waals surface area contributed by atoms with Crippen LogP contribution in [0.4, 0.5) is 0 Å². The first-order chi connectivity index (χ1) is 12.1. The molecule has 0 heterocycles. The molecule has 1 aliphatic carbocycles. The number of nitrogens with one attached hydrogen (secondary N) is 2. The van der Waals surface area contributed by atoms with Crippen LogP contribution in [-0.4, -0.2) is 39.2 Å². The van der Waals surface area contributed by atoms with Crippen molar-refractivity contribution in [2.45, 2.75) is 38.6 Å². The summed E-state index contributed by atoms with van der Waals surface area (Å²) >= 11 is 0. The van der Waals surface area contributed by atoms with E-state index in [-0.39, 0.29) is 0 Å². The first-order valence-electron chi connectivity index (χ1n) is 8.91. The van der Waals surface area contributed by atoms with Gasteiger partial charge in [-0.1, -0.05) is 25.0 Å². The van der Waals surface area contributed by atoms with Crippen LogP contribution >= 0.6 is 0 Å². The van der Waals surface area contributed by atoms with Crippen molar-refractivity contribution in [1.82, 2.24) is 10.6 Å². The first-order valence-corrected chi connectivity index (χ1v) is 8.91. The molecular weight excluding hydrogens is 316 g/mol. The highest BCUT2D eigenvalue weighted by molar-refractivity contribution is 5.92. The number of rotatable bonds is 8. The number of guanidine groups is 1. The lowest BCUT2D eigenvalue weighted by atomic mass is 9.83. The minimum atomic E-state index is -0.411. The Morgan fingerprint density at radius 3 is 2.72 bits per heavy atom. The fourth-order valence-corrected chi connectivity index (χ4v) is 3.47. The van der Waals surface area contributed by atoms with Gasteiger partial charge < -0.3 is 21.1 Å². The van der Waals surface area contributed by atoms with E-state index in [9.17, 15) is 4.79 Å². The second-order valence-corrected chi connectivity index (χ2v) is 6.79. The van der Waals surface area contributed by atoms with Crippen LogP contribution in [0.5, 0.6) is 0 Å². The van der Waals surface area contributed by atoms with Gasteiger partial charge in [0.1, 0.15) is 0 Å². The molecule has 0 saturated heterocycles. The smallest absolute Gasteiger partial charge is 0.248 e. The van der Waals surface area contributed by atoms with Crippen LogP contribution in [0.2, 0.25) is 0 Å². The van der Waals surface area contributed by atoms with Gasteiger partial charge in [0.25, 0.3) is 0 Å². The number of ether oxygens (including phenoxy) is 1. The summed E-state index contributed by atoms with van der Waals surface area (Å²) in [4.78, 5) is 15.6. The molecule has 138 valence electrons. The molecule has 0 spiro atoms. The van der Waals surface area contributed by atoms with Crippen LogP contribution in [0, 0.1) is 5.41 Å². The SMILES string of the molecule is CN=C(NCc1cccc(C(N)=O)c1)NCC1(CCOC)CCCC1. The molecule has 0 unspecified atom stereocenters. The Labute approximate surface area is 150 Å². The van der Waals surface area contributed by atoms with E-state index in [1.54, 1.807) is 26.3 Å². The van der Waals surface area contributed by atoms with E-state index >= 15 is 0 Å². The molecule has 1 aromatic rings. The molecule has 1 aliphatic rings. The predicted molar refractivity (Wildman–Crippen MR) is 101 cm³/mol. The fraction of sp³-hybridized carbons (Fsp3) is 0.579. The van der Waals surface area contributed by atoms with Crippen molar-refractivity contribution in [3.05, 3.63) is 35.4 Å². The lowest BCUT2D eigenvalue weighted by molar-refractivity contribution is 0.1000. The van der Waals surface area contributed by atoms with Crippen molar-refractivity contribution in [3.8, 4) is 0 Å². The Hall–Kier alpha value is -2.08. The number of carbonyl (C=O) groups is 1. The number of hydrogen-bond donors (Lipinski definition) is 3. The summed E-state index contributed by atoms with van der Waals surface area (Å²) in [5.74, 6) is 0.360. The third kappa shape index (κ3) is 5.74. The topological polar surface area (TPSA) is 88.7 Å². The Bertz CT molecular complexity index is 595. The van der Waals surface area contributed by atoms with Crippen LogP contribution in [-0.2, 0) is 11.3 Å². The van der Waals surface area contributed by atoms with Gasteiger partial charge in [0.2, 0.25) is 5.91 Å². The molecule has 1 saturated carbocycles. The molecule has 0 bridgehead atoms. The van der Waals surface area contributed by atoms with Crippen molar-refractivity contribution in [2.75, 3.05) is 27.3 Å². The average molecular weight is 346 g/mol. The number of amides is 1. The second kappa shape index (κ2) is 9.42. The normalized spacial score (nSPS) is 16.6. The van der Waals surface area contributed by atoms with Crippen LogP contribution < -0.4 is 16.4 Å². The summed E-state index contributed by atoms with van der Waals surface area (Å²) in [5, 5.41) is 6.77. The number of nitrogens with two attached hydrogens (primary N) is 1. The van der Waals surface area contributed by atoms with E-state index in [0.717, 1.165) is 31.1 Å². The molecule has 2 rings (SSSR count). The lowest BCUT2D eigenvalue weighted by Crippen LogP contribution is -2.43. The number of nitrogens with zero attached hydrogens (tertiary/aromatic N) is 1. The molecule has 25 heavy (non-hydrogen) atoms. The van der Waals surface area contributed by atoms with Gasteiger partial charge in [0.05, 0.1) is 0 Å². The Morgan fingerprint density at radius 2 is 2.08 bits per heavy atom. The zero-order chi connectivity index (χ0) is 18.1. The van der Waals surface area contributed by atoms with E-state index < -0.39 is 5.91 Å². The van der Waals surface area contributed by atoms with Gasteiger partial charge in [-0.05, 0) is 42.4 Å². The number of aliphatic imine (C=N–C) groups is 1. The molecule has 0 aromatic heterocycles. The number of hydrogen-bond acceptors (Lipinski definition) is 3. The highest BCUT2D eigenvalue weighted by Gasteiger charge is 2.33. The lowest BCUT2D eigenvalue weighted by Gasteiger charge is -2.30. The molecule has 0 aliphatic heterocycles. The predicted octanol–water partition coefficient (Wildman–Crippen LogP) is 2.05. The molecule has 1 amide bonds.